The number of aryl methyl sites for hydroxylation is 1. The number of ether oxygens (including phenoxy) is 1. The molecule has 2 unspecified atom stereocenters. The molecule has 0 aliphatic heterocycles. The summed E-state index contributed by atoms with van der Waals surface area (Å²) in [4.78, 5) is 4.53. The zero-order valence-electron chi connectivity index (χ0n) is 13.8. The monoisotopic (exact) mass is 281 g/mol. The Morgan fingerprint density at radius 2 is 2.10 bits per heavy atom. The van der Waals surface area contributed by atoms with E-state index in [1.807, 2.05) is 6.20 Å². The summed E-state index contributed by atoms with van der Waals surface area (Å²) in [6.45, 7) is 13.5. The second-order valence-corrected chi connectivity index (χ2v) is 5.45. The van der Waals surface area contributed by atoms with Crippen LogP contribution in [0.4, 0.5) is 0 Å². The number of hydrogen-bond acceptors (Lipinski definition) is 3. The largest absolute Gasteiger partial charge is 0.374 e. The Labute approximate surface area is 123 Å². The predicted molar refractivity (Wildman–Crippen MR) is 84.0 cm³/mol. The molecule has 20 heavy (non-hydrogen) atoms. The fourth-order valence-electron chi connectivity index (χ4n) is 2.69. The number of imidazole rings is 1. The average molecular weight is 281 g/mol. The van der Waals surface area contributed by atoms with Crippen molar-refractivity contribution in [2.75, 3.05) is 13.2 Å². The first kappa shape index (κ1) is 17.2. The van der Waals surface area contributed by atoms with E-state index >= 15 is 0 Å². The highest BCUT2D eigenvalue weighted by Crippen LogP contribution is 2.23. The maximum Gasteiger partial charge on any atom is 0.110 e. The van der Waals surface area contributed by atoms with Crippen LogP contribution in [0.2, 0.25) is 0 Å². The number of aromatic nitrogens is 2. The molecule has 116 valence electrons. The number of rotatable bonds is 10. The van der Waals surface area contributed by atoms with Crippen molar-refractivity contribution in [2.24, 2.45) is 0 Å². The summed E-state index contributed by atoms with van der Waals surface area (Å²) in [5.41, 5.74) is -0.145. The van der Waals surface area contributed by atoms with E-state index in [0.717, 1.165) is 44.8 Å². The Balaban J connectivity index is 2.87. The fraction of sp³-hybridized carbons (Fsp3) is 0.812. The van der Waals surface area contributed by atoms with Crippen LogP contribution in [-0.4, -0.2) is 34.3 Å². The Bertz CT molecular complexity index is 378. The highest BCUT2D eigenvalue weighted by atomic mass is 16.5. The molecule has 0 saturated carbocycles. The maximum atomic E-state index is 6.04. The quantitative estimate of drug-likeness (QED) is 0.716. The highest BCUT2D eigenvalue weighted by molar-refractivity contribution is 5.01. The van der Waals surface area contributed by atoms with E-state index in [1.165, 1.54) is 0 Å². The molecular weight excluding hydrogens is 250 g/mol. The third kappa shape index (κ3) is 4.32. The second kappa shape index (κ2) is 8.42. The van der Waals surface area contributed by atoms with Crippen LogP contribution in [0.1, 0.15) is 53.3 Å². The molecule has 0 radical (unpaired) electrons. The maximum absolute atomic E-state index is 6.04. The lowest BCUT2D eigenvalue weighted by molar-refractivity contribution is -0.0552. The van der Waals surface area contributed by atoms with Gasteiger partial charge in [-0.25, -0.2) is 4.98 Å². The van der Waals surface area contributed by atoms with Gasteiger partial charge in [-0.15, -0.1) is 0 Å². The molecule has 4 nitrogen and oxygen atoms in total. The van der Waals surface area contributed by atoms with Gasteiger partial charge in [-0.3, -0.25) is 0 Å². The minimum absolute atomic E-state index is 0.145. The zero-order chi connectivity index (χ0) is 15.0. The van der Waals surface area contributed by atoms with Crippen molar-refractivity contribution in [3.05, 3.63) is 18.2 Å². The van der Waals surface area contributed by atoms with E-state index in [2.05, 4.69) is 55.7 Å². The van der Waals surface area contributed by atoms with Gasteiger partial charge in [-0.2, -0.15) is 0 Å². The summed E-state index contributed by atoms with van der Waals surface area (Å²) in [6, 6.07) is 0.287. The van der Waals surface area contributed by atoms with Crippen molar-refractivity contribution in [1.82, 2.24) is 14.9 Å². The molecule has 0 aliphatic rings. The van der Waals surface area contributed by atoms with Crippen LogP contribution in [-0.2, 0) is 17.7 Å². The lowest BCUT2D eigenvalue weighted by Gasteiger charge is -2.37. The summed E-state index contributed by atoms with van der Waals surface area (Å²) in [7, 11) is 0. The minimum atomic E-state index is -0.145. The second-order valence-electron chi connectivity index (χ2n) is 5.45. The van der Waals surface area contributed by atoms with E-state index in [-0.39, 0.29) is 11.6 Å². The molecular formula is C16H31N3O. The Morgan fingerprint density at radius 1 is 1.35 bits per heavy atom. The first-order valence-corrected chi connectivity index (χ1v) is 7.98. The molecule has 0 amide bonds. The fourth-order valence-corrected chi connectivity index (χ4v) is 2.69. The first-order chi connectivity index (χ1) is 9.61. The van der Waals surface area contributed by atoms with Gasteiger partial charge < -0.3 is 14.6 Å². The molecule has 0 aliphatic carbocycles. The lowest BCUT2D eigenvalue weighted by atomic mass is 9.90. The van der Waals surface area contributed by atoms with Crippen LogP contribution in [0, 0.1) is 0 Å². The molecule has 2 atom stereocenters. The van der Waals surface area contributed by atoms with Gasteiger partial charge in [0.25, 0.3) is 0 Å². The van der Waals surface area contributed by atoms with Crippen molar-refractivity contribution in [1.29, 1.82) is 0 Å². The smallest absolute Gasteiger partial charge is 0.110 e. The minimum Gasteiger partial charge on any atom is -0.374 e. The standard InChI is InChI=1S/C16H31N3O/c1-6-11-19-12-10-18-15(19)13-14(17-8-3)16(5,7-2)20-9-4/h10,12,14,17H,6-9,11,13H2,1-5H3. The van der Waals surface area contributed by atoms with E-state index in [0.29, 0.717) is 0 Å². The van der Waals surface area contributed by atoms with Crippen molar-refractivity contribution in [2.45, 2.75) is 72.1 Å². The molecule has 4 heteroatoms. The van der Waals surface area contributed by atoms with Gasteiger partial charge in [-0.05, 0) is 33.2 Å². The van der Waals surface area contributed by atoms with E-state index < -0.39 is 0 Å². The molecule has 0 fully saturated rings. The normalized spacial score (nSPS) is 16.1. The predicted octanol–water partition coefficient (Wildman–Crippen LogP) is 3.02. The van der Waals surface area contributed by atoms with Crippen LogP contribution in [0.5, 0.6) is 0 Å². The van der Waals surface area contributed by atoms with Gasteiger partial charge >= 0.3 is 0 Å². The van der Waals surface area contributed by atoms with Gasteiger partial charge in [0.05, 0.1) is 5.60 Å². The number of nitrogens with zero attached hydrogens (tertiary/aromatic N) is 2. The average Bonchev–Trinajstić information content (AvgIpc) is 2.86. The number of hydrogen-bond donors (Lipinski definition) is 1. The molecule has 0 aromatic carbocycles. The van der Waals surface area contributed by atoms with Crippen LogP contribution in [0.3, 0.4) is 0 Å². The summed E-state index contributed by atoms with van der Waals surface area (Å²) < 4.78 is 8.30. The van der Waals surface area contributed by atoms with E-state index in [9.17, 15) is 0 Å². The van der Waals surface area contributed by atoms with Crippen LogP contribution >= 0.6 is 0 Å². The van der Waals surface area contributed by atoms with E-state index in [1.54, 1.807) is 0 Å². The third-order valence-corrected chi connectivity index (χ3v) is 4.02. The molecule has 0 saturated heterocycles. The Morgan fingerprint density at radius 3 is 2.65 bits per heavy atom. The van der Waals surface area contributed by atoms with Crippen molar-refractivity contribution in [3.63, 3.8) is 0 Å². The SMILES string of the molecule is CCCn1ccnc1CC(NCC)C(C)(CC)OCC. The van der Waals surface area contributed by atoms with Crippen LogP contribution < -0.4 is 5.32 Å². The molecule has 1 rings (SSSR count). The molecule has 0 bridgehead atoms. The van der Waals surface area contributed by atoms with Gasteiger partial charge in [-0.1, -0.05) is 20.8 Å². The molecule has 1 aromatic rings. The summed E-state index contributed by atoms with van der Waals surface area (Å²) in [5, 5.41) is 3.59. The third-order valence-electron chi connectivity index (χ3n) is 4.02. The Kier molecular flexibility index (Phi) is 7.24. The lowest BCUT2D eigenvalue weighted by Crippen LogP contribution is -2.52. The van der Waals surface area contributed by atoms with Crippen molar-refractivity contribution in [3.8, 4) is 0 Å². The molecule has 1 N–H and O–H groups in total. The summed E-state index contributed by atoms with van der Waals surface area (Å²) in [6.07, 6.45) is 7.01. The van der Waals surface area contributed by atoms with Crippen LogP contribution in [0.25, 0.3) is 0 Å². The summed E-state index contributed by atoms with van der Waals surface area (Å²) in [5.74, 6) is 1.15. The molecule has 1 aromatic heterocycles. The number of likely N-dealkylation sites (N-methyl/N-ethyl adjacent to an activating group) is 1. The number of nitrogens with one attached hydrogen (secondary N) is 1. The Hall–Kier alpha value is -0.870. The van der Waals surface area contributed by atoms with Crippen LogP contribution in [0.15, 0.2) is 12.4 Å². The zero-order valence-corrected chi connectivity index (χ0v) is 13.8. The topological polar surface area (TPSA) is 39.1 Å². The van der Waals surface area contributed by atoms with Gasteiger partial charge in [0.15, 0.2) is 0 Å². The highest BCUT2D eigenvalue weighted by Gasteiger charge is 2.33. The molecule has 1 heterocycles. The summed E-state index contributed by atoms with van der Waals surface area (Å²) >= 11 is 0. The van der Waals surface area contributed by atoms with Gasteiger partial charge in [0, 0.05) is 38.0 Å². The van der Waals surface area contributed by atoms with Crippen molar-refractivity contribution < 1.29 is 4.74 Å². The van der Waals surface area contributed by atoms with Gasteiger partial charge in [0.2, 0.25) is 0 Å². The van der Waals surface area contributed by atoms with Crippen molar-refractivity contribution >= 4 is 0 Å². The van der Waals surface area contributed by atoms with Gasteiger partial charge in [0.1, 0.15) is 5.82 Å². The molecule has 0 spiro atoms. The first-order valence-electron chi connectivity index (χ1n) is 7.98. The van der Waals surface area contributed by atoms with E-state index in [4.69, 9.17) is 4.74 Å².